The van der Waals surface area contributed by atoms with Gasteiger partial charge in [-0.1, -0.05) is 0 Å². The normalized spacial score (nSPS) is 14.5. The molecule has 0 bridgehead atoms. The van der Waals surface area contributed by atoms with Crippen molar-refractivity contribution in [3.8, 4) is 0 Å². The van der Waals surface area contributed by atoms with Gasteiger partial charge in [-0.15, -0.1) is 0 Å². The van der Waals surface area contributed by atoms with E-state index in [0.29, 0.717) is 13.2 Å². The summed E-state index contributed by atoms with van der Waals surface area (Å²) in [4.78, 5) is 0. The van der Waals surface area contributed by atoms with Crippen LogP contribution < -0.4 is 0 Å². The number of hydrogen-bond acceptors (Lipinski definition) is 4. The van der Waals surface area contributed by atoms with E-state index in [4.69, 9.17) is 4.74 Å². The fourth-order valence-electron chi connectivity index (χ4n) is 1.40. The third-order valence-corrected chi connectivity index (χ3v) is 4.26. The Morgan fingerprint density at radius 2 is 2.07 bits per heavy atom. The number of sulfonamides is 1. The first-order valence-electron chi connectivity index (χ1n) is 4.88. The first-order valence-corrected chi connectivity index (χ1v) is 8.12. The van der Waals surface area contributed by atoms with Crippen LogP contribution in [0, 0.1) is 0 Å². The molecule has 92 valence electrons. The molecule has 0 spiro atoms. The van der Waals surface area contributed by atoms with Gasteiger partial charge in [0, 0.05) is 32.1 Å². The van der Waals surface area contributed by atoms with Gasteiger partial charge in [0.1, 0.15) is 0 Å². The van der Waals surface area contributed by atoms with E-state index in [1.165, 1.54) is 6.26 Å². The fraction of sp³-hybridized carbons (Fsp3) is 1.00. The van der Waals surface area contributed by atoms with Gasteiger partial charge in [-0.25, -0.2) is 8.42 Å². The predicted molar refractivity (Wildman–Crippen MR) is 65.9 cm³/mol. The van der Waals surface area contributed by atoms with E-state index in [0.717, 1.165) is 12.2 Å². The van der Waals surface area contributed by atoms with Gasteiger partial charge in [0.05, 0.1) is 6.26 Å². The number of nitrogens with zero attached hydrogens (tertiary/aromatic N) is 1. The van der Waals surface area contributed by atoms with Crippen LogP contribution in [-0.2, 0) is 14.8 Å². The average Bonchev–Trinajstić information content (AvgIpc) is 2.10. The maximum absolute atomic E-state index is 11.5. The second-order valence-corrected chi connectivity index (χ2v) is 6.37. The molecular formula is C9H21NO3S2. The number of methoxy groups -OCH3 is 1. The minimum Gasteiger partial charge on any atom is -0.385 e. The molecule has 0 heterocycles. The minimum absolute atomic E-state index is 0.0480. The van der Waals surface area contributed by atoms with Crippen molar-refractivity contribution in [1.29, 1.82) is 0 Å². The van der Waals surface area contributed by atoms with E-state index >= 15 is 0 Å². The monoisotopic (exact) mass is 255 g/mol. The maximum Gasteiger partial charge on any atom is 0.211 e. The predicted octanol–water partition coefficient (Wildman–Crippen LogP) is 1.04. The number of ether oxygens (including phenoxy) is 1. The van der Waals surface area contributed by atoms with Crippen molar-refractivity contribution in [2.75, 3.05) is 38.5 Å². The molecule has 1 unspecified atom stereocenters. The van der Waals surface area contributed by atoms with E-state index in [2.05, 4.69) is 0 Å². The zero-order valence-electron chi connectivity index (χ0n) is 9.89. The standard InChI is InChI=1S/C9H21NO3S2/c1-9(8-14-3)10(15(4,11)12)6-5-7-13-2/h9H,5-8H2,1-4H3. The number of rotatable bonds is 8. The molecule has 6 heteroatoms. The minimum atomic E-state index is -3.10. The average molecular weight is 255 g/mol. The molecule has 0 radical (unpaired) electrons. The molecule has 0 fully saturated rings. The molecule has 0 aliphatic carbocycles. The van der Waals surface area contributed by atoms with Crippen molar-refractivity contribution in [2.45, 2.75) is 19.4 Å². The van der Waals surface area contributed by atoms with Gasteiger partial charge in [0.25, 0.3) is 0 Å². The third kappa shape index (κ3) is 6.40. The van der Waals surface area contributed by atoms with Crippen LogP contribution in [0.4, 0.5) is 0 Å². The largest absolute Gasteiger partial charge is 0.385 e. The Kier molecular flexibility index (Phi) is 7.60. The van der Waals surface area contributed by atoms with Gasteiger partial charge >= 0.3 is 0 Å². The zero-order chi connectivity index (χ0) is 11.9. The van der Waals surface area contributed by atoms with Gasteiger partial charge in [-0.05, 0) is 19.6 Å². The summed E-state index contributed by atoms with van der Waals surface area (Å²) < 4.78 is 29.5. The summed E-state index contributed by atoms with van der Waals surface area (Å²) in [5.41, 5.74) is 0. The molecule has 15 heavy (non-hydrogen) atoms. The van der Waals surface area contributed by atoms with Crippen LogP contribution in [0.5, 0.6) is 0 Å². The molecule has 0 amide bonds. The van der Waals surface area contributed by atoms with E-state index < -0.39 is 10.0 Å². The topological polar surface area (TPSA) is 46.6 Å². The van der Waals surface area contributed by atoms with Crippen LogP contribution in [0.2, 0.25) is 0 Å². The highest BCUT2D eigenvalue weighted by Gasteiger charge is 2.21. The van der Waals surface area contributed by atoms with Crippen molar-refractivity contribution >= 4 is 21.8 Å². The van der Waals surface area contributed by atoms with Gasteiger partial charge in [0.2, 0.25) is 10.0 Å². The summed E-state index contributed by atoms with van der Waals surface area (Å²) >= 11 is 1.66. The highest BCUT2D eigenvalue weighted by atomic mass is 32.2. The molecular weight excluding hydrogens is 234 g/mol. The van der Waals surface area contributed by atoms with Gasteiger partial charge in [-0.3, -0.25) is 0 Å². The lowest BCUT2D eigenvalue weighted by Crippen LogP contribution is -2.40. The lowest BCUT2D eigenvalue weighted by Gasteiger charge is -2.26. The number of thioether (sulfide) groups is 1. The molecule has 0 aromatic rings. The van der Waals surface area contributed by atoms with Gasteiger partial charge in [0.15, 0.2) is 0 Å². The van der Waals surface area contributed by atoms with E-state index in [-0.39, 0.29) is 6.04 Å². The smallest absolute Gasteiger partial charge is 0.211 e. The molecule has 0 N–H and O–H groups in total. The summed E-state index contributed by atoms with van der Waals surface area (Å²) in [5, 5.41) is 0. The molecule has 0 aromatic carbocycles. The van der Waals surface area contributed by atoms with Gasteiger partial charge in [-0.2, -0.15) is 16.1 Å². The molecule has 1 atom stereocenters. The molecule has 0 saturated heterocycles. The molecule has 0 aliphatic heterocycles. The Labute approximate surface area is 97.4 Å². The second kappa shape index (κ2) is 7.49. The van der Waals surface area contributed by atoms with E-state index in [1.807, 2.05) is 13.2 Å². The van der Waals surface area contributed by atoms with Crippen molar-refractivity contribution in [3.05, 3.63) is 0 Å². The summed E-state index contributed by atoms with van der Waals surface area (Å²) in [7, 11) is -1.48. The summed E-state index contributed by atoms with van der Waals surface area (Å²) in [6, 6.07) is 0.0480. The van der Waals surface area contributed by atoms with Crippen molar-refractivity contribution < 1.29 is 13.2 Å². The Hall–Kier alpha value is 0.220. The SMILES string of the molecule is COCCCN(C(C)CSC)S(C)(=O)=O. The van der Waals surface area contributed by atoms with Crippen LogP contribution >= 0.6 is 11.8 Å². The van der Waals surface area contributed by atoms with E-state index in [1.54, 1.807) is 23.2 Å². The molecule has 0 saturated carbocycles. The third-order valence-electron chi connectivity index (χ3n) is 2.05. The van der Waals surface area contributed by atoms with Crippen LogP contribution in [0.15, 0.2) is 0 Å². The van der Waals surface area contributed by atoms with E-state index in [9.17, 15) is 8.42 Å². The Balaban J connectivity index is 4.32. The van der Waals surface area contributed by atoms with Crippen LogP contribution in [0.1, 0.15) is 13.3 Å². The Morgan fingerprint density at radius 1 is 1.47 bits per heavy atom. The first kappa shape index (κ1) is 15.2. The van der Waals surface area contributed by atoms with Crippen molar-refractivity contribution in [1.82, 2.24) is 4.31 Å². The Morgan fingerprint density at radius 3 is 2.47 bits per heavy atom. The summed E-state index contributed by atoms with van der Waals surface area (Å²) in [5.74, 6) is 0.819. The maximum atomic E-state index is 11.5. The fourth-order valence-corrected chi connectivity index (χ4v) is 3.35. The first-order chi connectivity index (χ1) is 6.93. The molecule has 0 aliphatic rings. The highest BCUT2D eigenvalue weighted by molar-refractivity contribution is 7.98. The lowest BCUT2D eigenvalue weighted by atomic mass is 10.3. The number of hydrogen-bond donors (Lipinski definition) is 0. The molecule has 0 aromatic heterocycles. The van der Waals surface area contributed by atoms with Gasteiger partial charge < -0.3 is 4.74 Å². The summed E-state index contributed by atoms with van der Waals surface area (Å²) in [6.07, 6.45) is 3.98. The van der Waals surface area contributed by atoms with Crippen molar-refractivity contribution in [2.24, 2.45) is 0 Å². The van der Waals surface area contributed by atoms with Crippen LogP contribution in [0.3, 0.4) is 0 Å². The second-order valence-electron chi connectivity index (χ2n) is 3.52. The van der Waals surface area contributed by atoms with Crippen LogP contribution in [-0.4, -0.2) is 57.3 Å². The van der Waals surface area contributed by atoms with Crippen LogP contribution in [0.25, 0.3) is 0 Å². The van der Waals surface area contributed by atoms with Crippen molar-refractivity contribution in [3.63, 3.8) is 0 Å². The zero-order valence-corrected chi connectivity index (χ0v) is 11.5. The lowest BCUT2D eigenvalue weighted by molar-refractivity contribution is 0.184. The highest BCUT2D eigenvalue weighted by Crippen LogP contribution is 2.10. The Bertz CT molecular complexity index is 254. The molecule has 4 nitrogen and oxygen atoms in total. The quantitative estimate of drug-likeness (QED) is 0.608. The summed E-state index contributed by atoms with van der Waals surface area (Å²) in [6.45, 7) is 3.07. The molecule has 0 rings (SSSR count).